The molecule has 2 amide bonds. The van der Waals surface area contributed by atoms with E-state index in [4.69, 9.17) is 10.8 Å². The summed E-state index contributed by atoms with van der Waals surface area (Å²) >= 11 is 6.48. The fraction of sp³-hybridized carbons (Fsp3) is 0.250. The molecule has 6 nitrogen and oxygen atoms in total. The summed E-state index contributed by atoms with van der Waals surface area (Å²) < 4.78 is 1.31. The van der Waals surface area contributed by atoms with Crippen molar-refractivity contribution in [1.29, 1.82) is 0 Å². The van der Waals surface area contributed by atoms with Crippen LogP contribution in [0.2, 0.25) is 0 Å². The van der Waals surface area contributed by atoms with Gasteiger partial charge in [0.15, 0.2) is 0 Å². The Morgan fingerprint density at radius 3 is 2.45 bits per heavy atom. The standard InChI is InChI=1S/C12H12Br2N2O4/c13-6-1-2-7(8(14)5-6)11(18)16-9(12(19)20)3-4-10(15)17/h1-2,5,9H,3-4H2,(H2,15,17)(H,16,18)(H,19,20)/t9-/m1/s1. The van der Waals surface area contributed by atoms with Gasteiger partial charge in [0.05, 0.1) is 5.56 Å². The fourth-order valence-corrected chi connectivity index (χ4v) is 2.68. The Hall–Kier alpha value is -1.41. The largest absolute Gasteiger partial charge is 0.480 e. The number of carbonyl (C=O) groups is 3. The van der Waals surface area contributed by atoms with Crippen molar-refractivity contribution >= 4 is 49.6 Å². The van der Waals surface area contributed by atoms with E-state index in [1.165, 1.54) is 0 Å². The molecule has 0 bridgehead atoms. The van der Waals surface area contributed by atoms with Crippen LogP contribution in [0.3, 0.4) is 0 Å². The lowest BCUT2D eigenvalue weighted by Crippen LogP contribution is -2.41. The number of rotatable bonds is 6. The predicted molar refractivity (Wildman–Crippen MR) is 79.2 cm³/mol. The Morgan fingerprint density at radius 2 is 1.95 bits per heavy atom. The maximum Gasteiger partial charge on any atom is 0.326 e. The van der Waals surface area contributed by atoms with E-state index < -0.39 is 23.8 Å². The van der Waals surface area contributed by atoms with Crippen molar-refractivity contribution in [2.24, 2.45) is 5.73 Å². The predicted octanol–water partition coefficient (Wildman–Crippen LogP) is 1.66. The fourth-order valence-electron chi connectivity index (χ4n) is 1.45. The minimum absolute atomic E-state index is 0.0510. The summed E-state index contributed by atoms with van der Waals surface area (Å²) in [7, 11) is 0. The Labute approximate surface area is 132 Å². The summed E-state index contributed by atoms with van der Waals surface area (Å²) in [6, 6.07) is 3.73. The molecule has 0 aliphatic carbocycles. The second-order valence-electron chi connectivity index (χ2n) is 3.99. The average Bonchev–Trinajstić information content (AvgIpc) is 2.33. The molecule has 1 atom stereocenters. The van der Waals surface area contributed by atoms with Crippen LogP contribution in [0.25, 0.3) is 0 Å². The van der Waals surface area contributed by atoms with Crippen molar-refractivity contribution in [3.05, 3.63) is 32.7 Å². The molecule has 1 aromatic carbocycles. The van der Waals surface area contributed by atoms with Crippen molar-refractivity contribution < 1.29 is 19.5 Å². The summed E-state index contributed by atoms with van der Waals surface area (Å²) in [5, 5.41) is 11.4. The van der Waals surface area contributed by atoms with Gasteiger partial charge in [-0.2, -0.15) is 0 Å². The molecular weight excluding hydrogens is 396 g/mol. The van der Waals surface area contributed by atoms with Crippen LogP contribution >= 0.6 is 31.9 Å². The highest BCUT2D eigenvalue weighted by atomic mass is 79.9. The third kappa shape index (κ3) is 4.93. The first-order valence-corrected chi connectivity index (χ1v) is 7.17. The van der Waals surface area contributed by atoms with Gasteiger partial charge in [-0.25, -0.2) is 4.79 Å². The molecule has 0 spiro atoms. The van der Waals surface area contributed by atoms with Crippen molar-refractivity contribution in [3.63, 3.8) is 0 Å². The molecule has 1 rings (SSSR count). The van der Waals surface area contributed by atoms with E-state index in [2.05, 4.69) is 37.2 Å². The number of carboxylic acid groups (broad SMARTS) is 1. The number of amides is 2. The van der Waals surface area contributed by atoms with Gasteiger partial charge >= 0.3 is 5.97 Å². The molecule has 1 aromatic rings. The van der Waals surface area contributed by atoms with E-state index in [1.54, 1.807) is 18.2 Å². The van der Waals surface area contributed by atoms with E-state index >= 15 is 0 Å². The molecule has 0 heterocycles. The highest BCUT2D eigenvalue weighted by Gasteiger charge is 2.22. The van der Waals surface area contributed by atoms with Crippen LogP contribution in [0.15, 0.2) is 27.1 Å². The Bertz CT molecular complexity index is 548. The van der Waals surface area contributed by atoms with Gasteiger partial charge in [-0.15, -0.1) is 0 Å². The van der Waals surface area contributed by atoms with E-state index in [-0.39, 0.29) is 12.8 Å². The number of aliphatic carboxylic acids is 1. The molecule has 108 valence electrons. The number of nitrogens with two attached hydrogens (primary N) is 1. The molecule has 0 aliphatic heterocycles. The summed E-state index contributed by atoms with van der Waals surface area (Å²) in [6.07, 6.45) is -0.163. The van der Waals surface area contributed by atoms with Crippen molar-refractivity contribution in [2.45, 2.75) is 18.9 Å². The van der Waals surface area contributed by atoms with E-state index in [1.807, 2.05) is 0 Å². The molecule has 20 heavy (non-hydrogen) atoms. The molecule has 0 radical (unpaired) electrons. The van der Waals surface area contributed by atoms with Crippen LogP contribution < -0.4 is 11.1 Å². The molecule has 0 saturated heterocycles. The van der Waals surface area contributed by atoms with Crippen LogP contribution in [0.5, 0.6) is 0 Å². The molecular formula is C12H12Br2N2O4. The van der Waals surface area contributed by atoms with Crippen molar-refractivity contribution in [3.8, 4) is 0 Å². The number of halogens is 2. The Morgan fingerprint density at radius 1 is 1.30 bits per heavy atom. The van der Waals surface area contributed by atoms with Gasteiger partial charge in [-0.05, 0) is 40.5 Å². The SMILES string of the molecule is NC(=O)CC[C@@H](NC(=O)c1ccc(Br)cc1Br)C(=O)O. The zero-order valence-electron chi connectivity index (χ0n) is 10.2. The van der Waals surface area contributed by atoms with Crippen molar-refractivity contribution in [1.82, 2.24) is 5.32 Å². The van der Waals surface area contributed by atoms with Crippen LogP contribution in [0.4, 0.5) is 0 Å². The third-order valence-electron chi connectivity index (χ3n) is 2.46. The molecule has 4 N–H and O–H groups in total. The number of carboxylic acids is 1. The molecule has 0 aromatic heterocycles. The van der Waals surface area contributed by atoms with Crippen LogP contribution in [0, 0.1) is 0 Å². The zero-order chi connectivity index (χ0) is 15.3. The lowest BCUT2D eigenvalue weighted by Gasteiger charge is -2.14. The van der Waals surface area contributed by atoms with Gasteiger partial charge < -0.3 is 16.2 Å². The molecule has 0 fully saturated rings. The normalized spacial score (nSPS) is 11.7. The number of primary amides is 1. The summed E-state index contributed by atoms with van der Waals surface area (Å²) in [5.74, 6) is -2.37. The lowest BCUT2D eigenvalue weighted by atomic mass is 10.1. The van der Waals surface area contributed by atoms with Gasteiger partial charge in [0.2, 0.25) is 5.91 Å². The quantitative estimate of drug-likeness (QED) is 0.665. The summed E-state index contributed by atoms with van der Waals surface area (Å²) in [6.45, 7) is 0. The van der Waals surface area contributed by atoms with Crippen LogP contribution in [0.1, 0.15) is 23.2 Å². The highest BCUT2D eigenvalue weighted by Crippen LogP contribution is 2.22. The first-order chi connectivity index (χ1) is 9.31. The average molecular weight is 408 g/mol. The maximum absolute atomic E-state index is 12.0. The number of benzene rings is 1. The Balaban J connectivity index is 2.80. The molecule has 8 heteroatoms. The van der Waals surface area contributed by atoms with E-state index in [0.29, 0.717) is 10.0 Å². The van der Waals surface area contributed by atoms with E-state index in [9.17, 15) is 14.4 Å². The minimum atomic E-state index is -1.21. The number of nitrogens with one attached hydrogen (secondary N) is 1. The first-order valence-electron chi connectivity index (χ1n) is 5.58. The first kappa shape index (κ1) is 16.6. The number of carbonyl (C=O) groups excluding carboxylic acids is 2. The monoisotopic (exact) mass is 406 g/mol. The Kier molecular flexibility index (Phi) is 6.15. The maximum atomic E-state index is 12.0. The molecule has 0 aliphatic rings. The van der Waals surface area contributed by atoms with Gasteiger partial charge in [0.25, 0.3) is 5.91 Å². The minimum Gasteiger partial charge on any atom is -0.480 e. The van der Waals surface area contributed by atoms with Crippen LogP contribution in [-0.2, 0) is 9.59 Å². The second-order valence-corrected chi connectivity index (χ2v) is 5.76. The summed E-state index contributed by atoms with van der Waals surface area (Å²) in [4.78, 5) is 33.7. The second kappa shape index (κ2) is 7.39. The number of hydrogen-bond acceptors (Lipinski definition) is 3. The smallest absolute Gasteiger partial charge is 0.326 e. The molecule has 0 unspecified atom stereocenters. The van der Waals surface area contributed by atoms with Gasteiger partial charge in [-0.1, -0.05) is 15.9 Å². The van der Waals surface area contributed by atoms with Gasteiger partial charge in [0, 0.05) is 15.4 Å². The lowest BCUT2D eigenvalue weighted by molar-refractivity contribution is -0.139. The van der Waals surface area contributed by atoms with Gasteiger partial charge in [0.1, 0.15) is 6.04 Å². The van der Waals surface area contributed by atoms with Gasteiger partial charge in [-0.3, -0.25) is 9.59 Å². The van der Waals surface area contributed by atoms with Crippen LogP contribution in [-0.4, -0.2) is 28.9 Å². The zero-order valence-corrected chi connectivity index (χ0v) is 13.4. The van der Waals surface area contributed by atoms with E-state index in [0.717, 1.165) is 4.47 Å². The third-order valence-corrected chi connectivity index (χ3v) is 3.61. The summed E-state index contributed by atoms with van der Waals surface area (Å²) in [5.41, 5.74) is 5.27. The topological polar surface area (TPSA) is 109 Å². The molecule has 0 saturated carbocycles. The highest BCUT2D eigenvalue weighted by molar-refractivity contribution is 9.11. The number of hydrogen-bond donors (Lipinski definition) is 3. The van der Waals surface area contributed by atoms with Crippen molar-refractivity contribution in [2.75, 3.05) is 0 Å².